The van der Waals surface area contributed by atoms with Gasteiger partial charge >= 0.3 is 0 Å². The number of anilines is 2. The van der Waals surface area contributed by atoms with Gasteiger partial charge in [0.05, 0.1) is 12.2 Å². The molecule has 1 aliphatic rings. The maximum absolute atomic E-state index is 14.4. The van der Waals surface area contributed by atoms with Crippen molar-refractivity contribution in [2.75, 3.05) is 23.3 Å². The van der Waals surface area contributed by atoms with Gasteiger partial charge in [0.15, 0.2) is 5.82 Å². The zero-order valence-electron chi connectivity index (χ0n) is 17.1. The third-order valence-corrected chi connectivity index (χ3v) is 5.45. The van der Waals surface area contributed by atoms with E-state index in [0.29, 0.717) is 6.54 Å². The van der Waals surface area contributed by atoms with Crippen LogP contribution >= 0.6 is 0 Å². The lowest BCUT2D eigenvalue weighted by Crippen LogP contribution is -2.33. The smallest absolute Gasteiger partial charge is 0.243 e. The fourth-order valence-electron chi connectivity index (χ4n) is 3.85. The first kappa shape index (κ1) is 20.1. The highest BCUT2D eigenvalue weighted by molar-refractivity contribution is 5.94. The zero-order chi connectivity index (χ0) is 20.9. The molecule has 7 heteroatoms. The predicted octanol–water partition coefficient (Wildman–Crippen LogP) is 4.28. The van der Waals surface area contributed by atoms with E-state index in [-0.39, 0.29) is 18.1 Å². The molecule has 0 saturated heterocycles. The third-order valence-electron chi connectivity index (χ3n) is 5.45. The van der Waals surface area contributed by atoms with Crippen molar-refractivity contribution in [2.24, 2.45) is 0 Å². The average molecular weight is 407 g/mol. The Bertz CT molecular complexity index is 1020. The van der Waals surface area contributed by atoms with Gasteiger partial charge in [0, 0.05) is 30.8 Å². The fraction of sp³-hybridized carbons (Fsp3) is 0.348. The maximum atomic E-state index is 14.4. The third kappa shape index (κ3) is 4.35. The molecule has 1 N–H and O–H groups in total. The number of carbonyl (C=O) groups excluding carboxylic acids is 1. The number of aryl methyl sites for hydroxylation is 1. The summed E-state index contributed by atoms with van der Waals surface area (Å²) in [5.74, 6) is 0.961. The van der Waals surface area contributed by atoms with E-state index >= 15 is 0 Å². The molecule has 0 atom stereocenters. The van der Waals surface area contributed by atoms with Crippen LogP contribution in [0, 0.1) is 5.82 Å². The SMILES string of the molecule is CCN(CC(=O)Nc1cc(-c2nnc3n2CCCCC3)ccc1F)c1ccccc1. The lowest BCUT2D eigenvalue weighted by molar-refractivity contribution is -0.115. The number of nitrogens with zero attached hydrogens (tertiary/aromatic N) is 4. The van der Waals surface area contributed by atoms with E-state index in [0.717, 1.165) is 48.7 Å². The van der Waals surface area contributed by atoms with E-state index in [9.17, 15) is 9.18 Å². The zero-order valence-corrected chi connectivity index (χ0v) is 17.1. The summed E-state index contributed by atoms with van der Waals surface area (Å²) in [6.07, 6.45) is 4.26. The second kappa shape index (κ2) is 9.07. The van der Waals surface area contributed by atoms with Gasteiger partial charge in [-0.3, -0.25) is 4.79 Å². The number of aromatic nitrogens is 3. The molecular weight excluding hydrogens is 381 g/mol. The topological polar surface area (TPSA) is 63.1 Å². The number of hydrogen-bond acceptors (Lipinski definition) is 4. The van der Waals surface area contributed by atoms with Crippen LogP contribution in [0.1, 0.15) is 32.0 Å². The summed E-state index contributed by atoms with van der Waals surface area (Å²) in [5, 5.41) is 11.4. The summed E-state index contributed by atoms with van der Waals surface area (Å²) in [5.41, 5.74) is 1.87. The first-order valence-corrected chi connectivity index (χ1v) is 10.5. The second-order valence-corrected chi connectivity index (χ2v) is 7.49. The summed E-state index contributed by atoms with van der Waals surface area (Å²) >= 11 is 0. The van der Waals surface area contributed by atoms with E-state index in [4.69, 9.17) is 0 Å². The Morgan fingerprint density at radius 1 is 1.13 bits per heavy atom. The molecule has 156 valence electrons. The van der Waals surface area contributed by atoms with Crippen LogP contribution in [0.4, 0.5) is 15.8 Å². The Morgan fingerprint density at radius 2 is 1.97 bits per heavy atom. The number of hydrogen-bond donors (Lipinski definition) is 1. The summed E-state index contributed by atoms with van der Waals surface area (Å²) in [4.78, 5) is 14.6. The van der Waals surface area contributed by atoms with Crippen LogP contribution in [0.2, 0.25) is 0 Å². The van der Waals surface area contributed by atoms with Crippen LogP contribution in [-0.2, 0) is 17.8 Å². The molecule has 6 nitrogen and oxygen atoms in total. The number of nitrogens with one attached hydrogen (secondary N) is 1. The van der Waals surface area contributed by atoms with Crippen molar-refractivity contribution in [2.45, 2.75) is 39.2 Å². The first-order valence-electron chi connectivity index (χ1n) is 10.5. The van der Waals surface area contributed by atoms with E-state index in [1.807, 2.05) is 42.2 Å². The monoisotopic (exact) mass is 407 g/mol. The van der Waals surface area contributed by atoms with Crippen molar-refractivity contribution >= 4 is 17.3 Å². The minimum atomic E-state index is -0.467. The molecule has 3 aromatic rings. The molecule has 1 amide bonds. The van der Waals surface area contributed by atoms with E-state index in [1.165, 1.54) is 12.5 Å². The van der Waals surface area contributed by atoms with Crippen molar-refractivity contribution in [3.8, 4) is 11.4 Å². The molecule has 0 spiro atoms. The summed E-state index contributed by atoms with van der Waals surface area (Å²) in [6.45, 7) is 3.66. The summed E-state index contributed by atoms with van der Waals surface area (Å²) in [6, 6.07) is 14.4. The van der Waals surface area contributed by atoms with Gasteiger partial charge < -0.3 is 14.8 Å². The van der Waals surface area contributed by atoms with Crippen LogP contribution in [0.25, 0.3) is 11.4 Å². The molecule has 2 aromatic carbocycles. The van der Waals surface area contributed by atoms with Gasteiger partial charge in [-0.15, -0.1) is 10.2 Å². The fourth-order valence-corrected chi connectivity index (χ4v) is 3.85. The van der Waals surface area contributed by atoms with Crippen molar-refractivity contribution in [1.29, 1.82) is 0 Å². The lowest BCUT2D eigenvalue weighted by atomic mass is 10.1. The lowest BCUT2D eigenvalue weighted by Gasteiger charge is -2.22. The molecule has 2 heterocycles. The van der Waals surface area contributed by atoms with Gasteiger partial charge in [0.1, 0.15) is 11.6 Å². The number of carbonyl (C=O) groups is 1. The Kier molecular flexibility index (Phi) is 6.07. The Hall–Kier alpha value is -3.22. The summed E-state index contributed by atoms with van der Waals surface area (Å²) in [7, 11) is 0. The van der Waals surface area contributed by atoms with Crippen LogP contribution in [-0.4, -0.2) is 33.8 Å². The molecule has 0 saturated carbocycles. The number of amides is 1. The van der Waals surface area contributed by atoms with Crippen molar-refractivity contribution < 1.29 is 9.18 Å². The van der Waals surface area contributed by atoms with Crippen LogP contribution in [0.3, 0.4) is 0 Å². The number of fused-ring (bicyclic) bond motifs is 1. The Balaban J connectivity index is 1.53. The molecule has 30 heavy (non-hydrogen) atoms. The molecule has 4 rings (SSSR count). The van der Waals surface area contributed by atoms with Gasteiger partial charge in [-0.05, 0) is 50.1 Å². The molecule has 0 aliphatic carbocycles. The number of benzene rings is 2. The summed E-state index contributed by atoms with van der Waals surface area (Å²) < 4.78 is 16.6. The molecular formula is C23H26FN5O. The second-order valence-electron chi connectivity index (χ2n) is 7.49. The van der Waals surface area contributed by atoms with Gasteiger partial charge in [-0.25, -0.2) is 4.39 Å². The highest BCUT2D eigenvalue weighted by atomic mass is 19.1. The number of halogens is 1. The van der Waals surface area contributed by atoms with Crippen LogP contribution in [0.15, 0.2) is 48.5 Å². The van der Waals surface area contributed by atoms with E-state index < -0.39 is 5.82 Å². The predicted molar refractivity (Wildman–Crippen MR) is 116 cm³/mol. The first-order chi connectivity index (χ1) is 14.7. The quantitative estimate of drug-likeness (QED) is 0.663. The number of likely N-dealkylation sites (N-methyl/N-ethyl adjacent to an activating group) is 1. The van der Waals surface area contributed by atoms with Crippen LogP contribution < -0.4 is 10.2 Å². The van der Waals surface area contributed by atoms with E-state index in [1.54, 1.807) is 12.1 Å². The largest absolute Gasteiger partial charge is 0.362 e. The van der Waals surface area contributed by atoms with Crippen molar-refractivity contribution in [3.63, 3.8) is 0 Å². The van der Waals surface area contributed by atoms with Crippen molar-refractivity contribution in [1.82, 2.24) is 14.8 Å². The minimum absolute atomic E-state index is 0.143. The molecule has 0 unspecified atom stereocenters. The van der Waals surface area contributed by atoms with Crippen molar-refractivity contribution in [3.05, 3.63) is 60.2 Å². The standard InChI is InChI=1S/C23H26FN5O/c1-2-28(18-9-5-3-6-10-18)16-22(30)25-20-15-17(12-13-19(20)24)23-27-26-21-11-7-4-8-14-29(21)23/h3,5-6,9-10,12-13,15H,2,4,7-8,11,14,16H2,1H3,(H,25,30). The molecule has 0 fully saturated rings. The van der Waals surface area contributed by atoms with Gasteiger partial charge in [-0.1, -0.05) is 24.6 Å². The molecule has 1 aliphatic heterocycles. The maximum Gasteiger partial charge on any atom is 0.243 e. The minimum Gasteiger partial charge on any atom is -0.362 e. The average Bonchev–Trinajstić information content (AvgIpc) is 3.02. The van der Waals surface area contributed by atoms with E-state index in [2.05, 4.69) is 20.1 Å². The molecule has 0 radical (unpaired) electrons. The van der Waals surface area contributed by atoms with Crippen LogP contribution in [0.5, 0.6) is 0 Å². The molecule has 0 bridgehead atoms. The van der Waals surface area contributed by atoms with Gasteiger partial charge in [0.25, 0.3) is 0 Å². The normalized spacial score (nSPS) is 13.4. The Labute approximate surface area is 175 Å². The number of para-hydroxylation sites is 1. The molecule has 1 aromatic heterocycles. The highest BCUT2D eigenvalue weighted by Gasteiger charge is 2.18. The number of rotatable bonds is 6. The highest BCUT2D eigenvalue weighted by Crippen LogP contribution is 2.26. The van der Waals surface area contributed by atoms with Gasteiger partial charge in [0.2, 0.25) is 5.91 Å². The van der Waals surface area contributed by atoms with Gasteiger partial charge in [-0.2, -0.15) is 0 Å². The Morgan fingerprint density at radius 3 is 2.77 bits per heavy atom.